The molecular weight excluding hydrogens is 358 g/mol. The highest BCUT2D eigenvalue weighted by Crippen LogP contribution is 2.24. The van der Waals surface area contributed by atoms with Gasteiger partial charge in [-0.2, -0.15) is 0 Å². The Hall–Kier alpha value is -3.95. The molecule has 10 heteroatoms. The van der Waals surface area contributed by atoms with Gasteiger partial charge in [-0.05, 0) is 31.2 Å². The van der Waals surface area contributed by atoms with Gasteiger partial charge in [0.15, 0.2) is 6.61 Å². The van der Waals surface area contributed by atoms with Crippen LogP contribution in [0.3, 0.4) is 0 Å². The van der Waals surface area contributed by atoms with Crippen molar-refractivity contribution < 1.29 is 28.2 Å². The lowest BCUT2D eigenvalue weighted by molar-refractivity contribution is -0.384. The number of nitro benzene ring substituents is 1. The standard InChI is InChI=1S/C17H13N3O7/c1-10-8-16(27-19-10)18-15(21)9-25-17(22)14-7-6-13(26-14)11-2-4-12(5-3-11)20(23)24/h2-8H,9H2,1H3,(H,18,21). The van der Waals surface area contributed by atoms with Crippen LogP contribution in [0.25, 0.3) is 11.3 Å². The van der Waals surface area contributed by atoms with Gasteiger partial charge < -0.3 is 13.7 Å². The van der Waals surface area contributed by atoms with E-state index in [1.54, 1.807) is 6.92 Å². The fourth-order valence-corrected chi connectivity index (χ4v) is 2.15. The molecule has 0 saturated carbocycles. The maximum absolute atomic E-state index is 12.0. The predicted octanol–water partition coefficient (Wildman–Crippen LogP) is 2.95. The van der Waals surface area contributed by atoms with E-state index in [0.29, 0.717) is 17.0 Å². The number of carbonyl (C=O) groups excluding carboxylic acids is 2. The zero-order valence-electron chi connectivity index (χ0n) is 14.0. The number of anilines is 1. The molecule has 3 rings (SSSR count). The fourth-order valence-electron chi connectivity index (χ4n) is 2.15. The molecule has 0 aliphatic carbocycles. The third kappa shape index (κ3) is 4.37. The van der Waals surface area contributed by atoms with E-state index in [0.717, 1.165) is 0 Å². The highest BCUT2D eigenvalue weighted by Gasteiger charge is 2.16. The van der Waals surface area contributed by atoms with Crippen molar-refractivity contribution in [1.29, 1.82) is 0 Å². The van der Waals surface area contributed by atoms with Crippen molar-refractivity contribution in [2.45, 2.75) is 6.92 Å². The van der Waals surface area contributed by atoms with Crippen LogP contribution in [0, 0.1) is 17.0 Å². The summed E-state index contributed by atoms with van der Waals surface area (Å²) in [5.74, 6) is -1.05. The van der Waals surface area contributed by atoms with Crippen LogP contribution < -0.4 is 5.32 Å². The smallest absolute Gasteiger partial charge is 0.374 e. The van der Waals surface area contributed by atoms with E-state index in [2.05, 4.69) is 10.5 Å². The predicted molar refractivity (Wildman–Crippen MR) is 91.0 cm³/mol. The van der Waals surface area contributed by atoms with E-state index in [4.69, 9.17) is 13.7 Å². The molecule has 1 amide bonds. The average Bonchev–Trinajstić information content (AvgIpc) is 3.29. The summed E-state index contributed by atoms with van der Waals surface area (Å²) >= 11 is 0. The molecule has 2 aromatic heterocycles. The van der Waals surface area contributed by atoms with Gasteiger partial charge in [-0.15, -0.1) is 0 Å². The van der Waals surface area contributed by atoms with Crippen LogP contribution in [-0.2, 0) is 9.53 Å². The number of hydrogen-bond acceptors (Lipinski definition) is 8. The van der Waals surface area contributed by atoms with Gasteiger partial charge >= 0.3 is 5.97 Å². The van der Waals surface area contributed by atoms with Crippen molar-refractivity contribution in [3.8, 4) is 11.3 Å². The fraction of sp³-hybridized carbons (Fsp3) is 0.118. The molecule has 27 heavy (non-hydrogen) atoms. The lowest BCUT2D eigenvalue weighted by Gasteiger charge is -2.02. The summed E-state index contributed by atoms with van der Waals surface area (Å²) in [5.41, 5.74) is 1.09. The second-order valence-electron chi connectivity index (χ2n) is 5.42. The molecular formula is C17H13N3O7. The van der Waals surface area contributed by atoms with Gasteiger partial charge in [0.2, 0.25) is 11.6 Å². The van der Waals surface area contributed by atoms with Crippen LogP contribution in [0.15, 0.2) is 51.4 Å². The van der Waals surface area contributed by atoms with Gasteiger partial charge in [-0.3, -0.25) is 20.2 Å². The number of nitro groups is 1. The average molecular weight is 371 g/mol. The molecule has 2 heterocycles. The van der Waals surface area contributed by atoms with Gasteiger partial charge in [-0.25, -0.2) is 4.79 Å². The second-order valence-corrected chi connectivity index (χ2v) is 5.42. The maximum atomic E-state index is 12.0. The van der Waals surface area contributed by atoms with Gasteiger partial charge in [0.25, 0.3) is 11.6 Å². The number of non-ortho nitro benzene ring substituents is 1. The Balaban J connectivity index is 1.58. The molecule has 0 saturated heterocycles. The molecule has 0 fully saturated rings. The van der Waals surface area contributed by atoms with Crippen LogP contribution in [0.1, 0.15) is 16.2 Å². The van der Waals surface area contributed by atoms with Crippen LogP contribution in [-0.4, -0.2) is 28.6 Å². The second kappa shape index (κ2) is 7.52. The molecule has 0 unspecified atom stereocenters. The number of amides is 1. The van der Waals surface area contributed by atoms with Crippen molar-refractivity contribution in [2.75, 3.05) is 11.9 Å². The van der Waals surface area contributed by atoms with Gasteiger partial charge in [0.1, 0.15) is 5.76 Å². The Bertz CT molecular complexity index is 988. The van der Waals surface area contributed by atoms with E-state index in [1.807, 2.05) is 0 Å². The minimum atomic E-state index is -0.827. The number of aromatic nitrogens is 1. The summed E-state index contributed by atoms with van der Waals surface area (Å²) in [7, 11) is 0. The van der Waals surface area contributed by atoms with E-state index >= 15 is 0 Å². The summed E-state index contributed by atoms with van der Waals surface area (Å²) < 4.78 is 15.1. The van der Waals surface area contributed by atoms with Crippen LogP contribution in [0.4, 0.5) is 11.6 Å². The molecule has 138 valence electrons. The summed E-state index contributed by atoms with van der Waals surface area (Å²) in [4.78, 5) is 33.8. The molecule has 0 bridgehead atoms. The van der Waals surface area contributed by atoms with Gasteiger partial charge in [-0.1, -0.05) is 5.16 Å². The van der Waals surface area contributed by atoms with Crippen molar-refractivity contribution in [1.82, 2.24) is 5.16 Å². The molecule has 0 radical (unpaired) electrons. The summed E-state index contributed by atoms with van der Waals surface area (Å²) in [6, 6.07) is 10.1. The number of furan rings is 1. The molecule has 3 aromatic rings. The highest BCUT2D eigenvalue weighted by atomic mass is 16.6. The monoisotopic (exact) mass is 371 g/mol. The minimum absolute atomic E-state index is 0.0575. The first-order valence-corrected chi connectivity index (χ1v) is 7.67. The molecule has 1 N–H and O–H groups in total. The van der Waals surface area contributed by atoms with E-state index < -0.39 is 23.4 Å². The van der Waals surface area contributed by atoms with Crippen molar-refractivity contribution in [3.63, 3.8) is 0 Å². The number of nitrogens with one attached hydrogen (secondary N) is 1. The Morgan fingerprint density at radius 3 is 2.59 bits per heavy atom. The molecule has 1 aromatic carbocycles. The lowest BCUT2D eigenvalue weighted by Crippen LogP contribution is -2.20. The number of nitrogens with zero attached hydrogens (tertiary/aromatic N) is 2. The molecule has 10 nitrogen and oxygen atoms in total. The first-order chi connectivity index (χ1) is 12.9. The zero-order valence-corrected chi connectivity index (χ0v) is 14.0. The number of carbonyl (C=O) groups is 2. The molecule has 0 aliphatic heterocycles. The largest absolute Gasteiger partial charge is 0.450 e. The first-order valence-electron chi connectivity index (χ1n) is 7.67. The Morgan fingerprint density at radius 1 is 1.22 bits per heavy atom. The van der Waals surface area contributed by atoms with Crippen LogP contribution in [0.2, 0.25) is 0 Å². The molecule has 0 atom stereocenters. The highest BCUT2D eigenvalue weighted by molar-refractivity contribution is 5.94. The minimum Gasteiger partial charge on any atom is -0.450 e. The van der Waals surface area contributed by atoms with E-state index in [1.165, 1.54) is 42.5 Å². The van der Waals surface area contributed by atoms with Crippen molar-refractivity contribution in [3.05, 3.63) is 64.0 Å². The summed E-state index contributed by atoms with van der Waals surface area (Å²) in [6.45, 7) is 1.16. The van der Waals surface area contributed by atoms with Crippen molar-refractivity contribution in [2.24, 2.45) is 0 Å². The third-order valence-corrected chi connectivity index (χ3v) is 3.39. The summed E-state index contributed by atoms with van der Waals surface area (Å²) in [5, 5.41) is 16.7. The molecule has 0 spiro atoms. The van der Waals surface area contributed by atoms with E-state index in [-0.39, 0.29) is 17.3 Å². The Labute approximate surface area is 151 Å². The maximum Gasteiger partial charge on any atom is 0.374 e. The SMILES string of the molecule is Cc1cc(NC(=O)COC(=O)c2ccc(-c3ccc([N+](=O)[O-])cc3)o2)on1. The zero-order chi connectivity index (χ0) is 19.4. The molecule has 0 aliphatic rings. The number of benzene rings is 1. The normalized spacial score (nSPS) is 10.4. The van der Waals surface area contributed by atoms with Gasteiger partial charge in [0, 0.05) is 23.8 Å². The van der Waals surface area contributed by atoms with E-state index in [9.17, 15) is 19.7 Å². The third-order valence-electron chi connectivity index (χ3n) is 3.39. The van der Waals surface area contributed by atoms with Gasteiger partial charge in [0.05, 0.1) is 10.6 Å². The van der Waals surface area contributed by atoms with Crippen LogP contribution >= 0.6 is 0 Å². The number of hydrogen-bond donors (Lipinski definition) is 1. The number of aryl methyl sites for hydroxylation is 1. The Morgan fingerprint density at radius 2 is 1.96 bits per heavy atom. The summed E-state index contributed by atoms with van der Waals surface area (Å²) in [6.07, 6.45) is 0. The quantitative estimate of drug-likeness (QED) is 0.396. The lowest BCUT2D eigenvalue weighted by atomic mass is 10.1. The van der Waals surface area contributed by atoms with Crippen molar-refractivity contribution >= 4 is 23.4 Å². The Kier molecular flexibility index (Phi) is 4.97. The first kappa shape index (κ1) is 17.9. The number of esters is 1. The number of rotatable bonds is 6. The number of ether oxygens (including phenoxy) is 1. The van der Waals surface area contributed by atoms with Crippen LogP contribution in [0.5, 0.6) is 0 Å². The topological polar surface area (TPSA) is 138 Å².